The lowest BCUT2D eigenvalue weighted by atomic mass is 10.3. The highest BCUT2D eigenvalue weighted by atomic mass is 32.2. The molecule has 1 aromatic rings. The van der Waals surface area contributed by atoms with Crippen molar-refractivity contribution in [2.24, 2.45) is 0 Å². The summed E-state index contributed by atoms with van der Waals surface area (Å²) < 4.78 is 37.9. The molecule has 0 radical (unpaired) electrons. The van der Waals surface area contributed by atoms with E-state index in [0.29, 0.717) is 12.2 Å². The largest absolute Gasteiger partial charge is 0.313 e. The maximum absolute atomic E-state index is 12.8. The molecule has 1 N–H and O–H groups in total. The average Bonchev–Trinajstić information content (AvgIpc) is 2.28. The molecule has 0 aliphatic rings. The van der Waals surface area contributed by atoms with Crippen LogP contribution in [0.2, 0.25) is 0 Å². The van der Waals surface area contributed by atoms with Crippen molar-refractivity contribution < 1.29 is 12.8 Å². The summed E-state index contributed by atoms with van der Waals surface area (Å²) in [5.74, 6) is -0.370. The Morgan fingerprint density at radius 2 is 1.83 bits per heavy atom. The number of sulfonamides is 1. The predicted molar refractivity (Wildman–Crippen MR) is 71.7 cm³/mol. The summed E-state index contributed by atoms with van der Waals surface area (Å²) in [6, 6.07) is 5.63. The molecule has 18 heavy (non-hydrogen) atoms. The number of nitrogens with one attached hydrogen (secondary N) is 1. The van der Waals surface area contributed by atoms with Gasteiger partial charge in [0.15, 0.2) is 0 Å². The number of halogens is 1. The first-order chi connectivity index (χ1) is 8.33. The SMILES string of the molecule is CC(C)NCCS(=O)(=O)N(C)c1ccc(F)cc1. The molecule has 0 heterocycles. The second-order valence-electron chi connectivity index (χ2n) is 4.37. The zero-order valence-corrected chi connectivity index (χ0v) is 11.7. The number of hydrogen-bond donors (Lipinski definition) is 1. The van der Waals surface area contributed by atoms with Gasteiger partial charge in [0, 0.05) is 19.6 Å². The van der Waals surface area contributed by atoms with Crippen molar-refractivity contribution >= 4 is 15.7 Å². The van der Waals surface area contributed by atoms with Crippen molar-refractivity contribution in [3.63, 3.8) is 0 Å². The van der Waals surface area contributed by atoms with Crippen molar-refractivity contribution in [2.75, 3.05) is 23.7 Å². The first-order valence-electron chi connectivity index (χ1n) is 5.78. The van der Waals surface area contributed by atoms with Crippen molar-refractivity contribution in [1.82, 2.24) is 5.32 Å². The maximum Gasteiger partial charge on any atom is 0.236 e. The van der Waals surface area contributed by atoms with Crippen LogP contribution in [0.1, 0.15) is 13.8 Å². The lowest BCUT2D eigenvalue weighted by Gasteiger charge is -2.20. The monoisotopic (exact) mass is 274 g/mol. The van der Waals surface area contributed by atoms with Crippen LogP contribution in [0.25, 0.3) is 0 Å². The van der Waals surface area contributed by atoms with Crippen LogP contribution in [0.15, 0.2) is 24.3 Å². The number of anilines is 1. The summed E-state index contributed by atoms with van der Waals surface area (Å²) in [5, 5.41) is 3.05. The maximum atomic E-state index is 12.8. The quantitative estimate of drug-likeness (QED) is 0.857. The fourth-order valence-electron chi connectivity index (χ4n) is 1.43. The van der Waals surface area contributed by atoms with Gasteiger partial charge < -0.3 is 5.32 Å². The molecule has 6 heteroatoms. The highest BCUT2D eigenvalue weighted by Gasteiger charge is 2.17. The van der Waals surface area contributed by atoms with Crippen LogP contribution >= 0.6 is 0 Å². The minimum absolute atomic E-state index is 0.0130. The number of hydrogen-bond acceptors (Lipinski definition) is 3. The van der Waals surface area contributed by atoms with Crippen molar-refractivity contribution in [3.05, 3.63) is 30.1 Å². The van der Waals surface area contributed by atoms with Gasteiger partial charge in [0.05, 0.1) is 11.4 Å². The van der Waals surface area contributed by atoms with Gasteiger partial charge in [-0.2, -0.15) is 0 Å². The van der Waals surface area contributed by atoms with E-state index in [0.717, 1.165) is 0 Å². The van der Waals surface area contributed by atoms with E-state index in [-0.39, 0.29) is 17.6 Å². The smallest absolute Gasteiger partial charge is 0.236 e. The molecule has 102 valence electrons. The van der Waals surface area contributed by atoms with Crippen LogP contribution in [-0.4, -0.2) is 33.8 Å². The minimum Gasteiger partial charge on any atom is -0.313 e. The Morgan fingerprint density at radius 3 is 2.33 bits per heavy atom. The second kappa shape index (κ2) is 6.15. The molecule has 0 amide bonds. The third-order valence-corrected chi connectivity index (χ3v) is 4.29. The van der Waals surface area contributed by atoms with E-state index in [9.17, 15) is 12.8 Å². The molecule has 0 saturated heterocycles. The molecular weight excluding hydrogens is 255 g/mol. The van der Waals surface area contributed by atoms with E-state index >= 15 is 0 Å². The standard InChI is InChI=1S/C12H19FN2O2S/c1-10(2)14-8-9-18(16,17)15(3)12-6-4-11(13)5-7-12/h4-7,10,14H,8-9H2,1-3H3. The van der Waals surface area contributed by atoms with Gasteiger partial charge in [0.2, 0.25) is 10.0 Å². The van der Waals surface area contributed by atoms with E-state index < -0.39 is 10.0 Å². The van der Waals surface area contributed by atoms with Crippen LogP contribution in [0.3, 0.4) is 0 Å². The molecule has 0 unspecified atom stereocenters. The highest BCUT2D eigenvalue weighted by molar-refractivity contribution is 7.92. The lowest BCUT2D eigenvalue weighted by molar-refractivity contribution is 0.576. The molecule has 4 nitrogen and oxygen atoms in total. The third kappa shape index (κ3) is 4.27. The summed E-state index contributed by atoms with van der Waals surface area (Å²) in [4.78, 5) is 0. The van der Waals surface area contributed by atoms with Crippen LogP contribution in [0, 0.1) is 5.82 Å². The molecule has 0 bridgehead atoms. The van der Waals surface area contributed by atoms with Gasteiger partial charge >= 0.3 is 0 Å². The molecule has 1 rings (SSSR count). The Labute approximate surface area is 108 Å². The topological polar surface area (TPSA) is 49.4 Å². The molecular formula is C12H19FN2O2S. The zero-order valence-electron chi connectivity index (χ0n) is 10.9. The Kier molecular flexibility index (Phi) is 5.10. The first-order valence-corrected chi connectivity index (χ1v) is 7.39. The molecule has 0 aromatic heterocycles. The van der Waals surface area contributed by atoms with Gasteiger partial charge in [0.1, 0.15) is 5.82 Å². The Hall–Kier alpha value is -1.14. The summed E-state index contributed by atoms with van der Waals surface area (Å²) in [6.45, 7) is 4.30. The second-order valence-corrected chi connectivity index (χ2v) is 6.49. The molecule has 0 aliphatic carbocycles. The third-order valence-electron chi connectivity index (χ3n) is 2.52. The van der Waals surface area contributed by atoms with Gasteiger partial charge in [-0.1, -0.05) is 13.8 Å². The van der Waals surface area contributed by atoms with Crippen molar-refractivity contribution in [2.45, 2.75) is 19.9 Å². The average molecular weight is 274 g/mol. The van der Waals surface area contributed by atoms with E-state index in [1.165, 1.54) is 35.6 Å². The summed E-state index contributed by atoms with van der Waals surface area (Å²) >= 11 is 0. The predicted octanol–water partition coefficient (Wildman–Crippen LogP) is 1.59. The fourth-order valence-corrected chi connectivity index (χ4v) is 2.52. The van der Waals surface area contributed by atoms with Crippen molar-refractivity contribution in [1.29, 1.82) is 0 Å². The van der Waals surface area contributed by atoms with Gasteiger partial charge in [-0.15, -0.1) is 0 Å². The van der Waals surface area contributed by atoms with E-state index in [1.807, 2.05) is 13.8 Å². The minimum atomic E-state index is -3.37. The van der Waals surface area contributed by atoms with Crippen molar-refractivity contribution in [3.8, 4) is 0 Å². The molecule has 0 aliphatic heterocycles. The number of rotatable bonds is 6. The Morgan fingerprint density at radius 1 is 1.28 bits per heavy atom. The summed E-state index contributed by atoms with van der Waals surface area (Å²) in [7, 11) is -1.90. The molecule has 0 saturated carbocycles. The molecule has 1 aromatic carbocycles. The van der Waals surface area contributed by atoms with Gasteiger partial charge in [-0.25, -0.2) is 12.8 Å². The molecule has 0 fully saturated rings. The highest BCUT2D eigenvalue weighted by Crippen LogP contribution is 2.16. The lowest BCUT2D eigenvalue weighted by Crippen LogP contribution is -2.35. The Bertz CT molecular complexity index is 471. The summed E-state index contributed by atoms with van der Waals surface area (Å²) in [6.07, 6.45) is 0. The van der Waals surface area contributed by atoms with Crippen LogP contribution in [0.4, 0.5) is 10.1 Å². The van der Waals surface area contributed by atoms with E-state index in [4.69, 9.17) is 0 Å². The molecule has 0 spiro atoms. The van der Waals surface area contributed by atoms with Crippen LogP contribution in [0.5, 0.6) is 0 Å². The van der Waals surface area contributed by atoms with Crippen LogP contribution < -0.4 is 9.62 Å². The Balaban J connectivity index is 2.69. The van der Waals surface area contributed by atoms with E-state index in [1.54, 1.807) is 0 Å². The van der Waals surface area contributed by atoms with E-state index in [2.05, 4.69) is 5.32 Å². The molecule has 0 atom stereocenters. The zero-order chi connectivity index (χ0) is 13.8. The van der Waals surface area contributed by atoms with Crippen LogP contribution in [-0.2, 0) is 10.0 Å². The normalized spacial score (nSPS) is 11.8. The van der Waals surface area contributed by atoms with Gasteiger partial charge in [-0.3, -0.25) is 4.31 Å². The van der Waals surface area contributed by atoms with Gasteiger partial charge in [0.25, 0.3) is 0 Å². The van der Waals surface area contributed by atoms with Gasteiger partial charge in [-0.05, 0) is 24.3 Å². The number of nitrogens with zero attached hydrogens (tertiary/aromatic N) is 1. The fraction of sp³-hybridized carbons (Fsp3) is 0.500. The number of benzene rings is 1. The summed E-state index contributed by atoms with van der Waals surface area (Å²) in [5.41, 5.74) is 0.459. The first kappa shape index (κ1) is 14.9.